The number of aliphatic hydroxyl groups is 1. The second-order valence-corrected chi connectivity index (χ2v) is 4.15. The molecule has 0 aliphatic carbocycles. The first-order valence-corrected chi connectivity index (χ1v) is 5.68. The van der Waals surface area contributed by atoms with Crippen molar-refractivity contribution in [1.82, 2.24) is 0 Å². The minimum Gasteiger partial charge on any atom is -0.465 e. The Balaban J connectivity index is 2.17. The van der Waals surface area contributed by atoms with Gasteiger partial charge >= 0.3 is 5.97 Å². The monoisotopic (exact) mass is 236 g/mol. The number of carbonyl (C=O) groups excluding carboxylic acids is 1. The standard InChI is InChI=1S/C13H16O4/c1-16-13(15)10-4-2-3-9(7-10)12-8-11(14)5-6-17-12/h2-4,7,11-12,14H,5-6,8H2,1H3. The number of hydrogen-bond acceptors (Lipinski definition) is 4. The van der Waals surface area contributed by atoms with Gasteiger partial charge < -0.3 is 14.6 Å². The van der Waals surface area contributed by atoms with Gasteiger partial charge in [-0.1, -0.05) is 12.1 Å². The first-order chi connectivity index (χ1) is 8.20. The highest BCUT2D eigenvalue weighted by molar-refractivity contribution is 5.89. The summed E-state index contributed by atoms with van der Waals surface area (Å²) in [6.45, 7) is 0.550. The van der Waals surface area contributed by atoms with Crippen molar-refractivity contribution in [3.05, 3.63) is 35.4 Å². The lowest BCUT2D eigenvalue weighted by atomic mass is 9.98. The van der Waals surface area contributed by atoms with Gasteiger partial charge in [-0.05, 0) is 24.1 Å². The molecule has 4 nitrogen and oxygen atoms in total. The van der Waals surface area contributed by atoms with E-state index in [-0.39, 0.29) is 18.2 Å². The largest absolute Gasteiger partial charge is 0.465 e. The second-order valence-electron chi connectivity index (χ2n) is 4.15. The van der Waals surface area contributed by atoms with Crippen LogP contribution in [0.5, 0.6) is 0 Å². The van der Waals surface area contributed by atoms with E-state index in [9.17, 15) is 9.90 Å². The fourth-order valence-corrected chi connectivity index (χ4v) is 2.00. The number of ether oxygens (including phenoxy) is 2. The predicted molar refractivity (Wildman–Crippen MR) is 61.7 cm³/mol. The van der Waals surface area contributed by atoms with Gasteiger partial charge in [0.05, 0.1) is 24.9 Å². The molecule has 1 N–H and O–H groups in total. The number of benzene rings is 1. The van der Waals surface area contributed by atoms with E-state index in [1.54, 1.807) is 18.2 Å². The lowest BCUT2D eigenvalue weighted by molar-refractivity contribution is -0.0448. The molecular weight excluding hydrogens is 220 g/mol. The highest BCUT2D eigenvalue weighted by Crippen LogP contribution is 2.28. The number of esters is 1. The summed E-state index contributed by atoms with van der Waals surface area (Å²) in [6, 6.07) is 7.16. The quantitative estimate of drug-likeness (QED) is 0.794. The molecule has 4 heteroatoms. The van der Waals surface area contributed by atoms with Crippen LogP contribution in [0, 0.1) is 0 Å². The van der Waals surface area contributed by atoms with Gasteiger partial charge in [-0.15, -0.1) is 0 Å². The average molecular weight is 236 g/mol. The van der Waals surface area contributed by atoms with Crippen LogP contribution in [0.2, 0.25) is 0 Å². The topological polar surface area (TPSA) is 55.8 Å². The van der Waals surface area contributed by atoms with E-state index in [0.717, 1.165) is 5.56 Å². The molecule has 0 bridgehead atoms. The summed E-state index contributed by atoms with van der Waals surface area (Å²) in [7, 11) is 1.36. The molecule has 0 aromatic heterocycles. The molecule has 0 saturated carbocycles. The Bertz CT molecular complexity index is 402. The van der Waals surface area contributed by atoms with E-state index >= 15 is 0 Å². The third kappa shape index (κ3) is 2.84. The summed E-state index contributed by atoms with van der Waals surface area (Å²) < 4.78 is 10.3. The molecule has 0 radical (unpaired) electrons. The molecule has 2 rings (SSSR count). The van der Waals surface area contributed by atoms with Crippen molar-refractivity contribution in [2.75, 3.05) is 13.7 Å². The Morgan fingerprint density at radius 2 is 2.35 bits per heavy atom. The minimum absolute atomic E-state index is 0.136. The van der Waals surface area contributed by atoms with Crippen molar-refractivity contribution < 1.29 is 19.4 Å². The molecule has 92 valence electrons. The molecule has 1 heterocycles. The third-order valence-corrected chi connectivity index (χ3v) is 2.94. The maximum absolute atomic E-state index is 11.4. The van der Waals surface area contributed by atoms with Crippen LogP contribution in [0.1, 0.15) is 34.9 Å². The Morgan fingerprint density at radius 3 is 3.06 bits per heavy atom. The fourth-order valence-electron chi connectivity index (χ4n) is 2.00. The second kappa shape index (κ2) is 5.29. The molecule has 1 aliphatic heterocycles. The molecular formula is C13H16O4. The highest BCUT2D eigenvalue weighted by Gasteiger charge is 2.22. The van der Waals surface area contributed by atoms with Gasteiger partial charge in [-0.25, -0.2) is 4.79 Å². The fraction of sp³-hybridized carbons (Fsp3) is 0.462. The molecule has 1 saturated heterocycles. The van der Waals surface area contributed by atoms with Crippen LogP contribution in [0.3, 0.4) is 0 Å². The van der Waals surface area contributed by atoms with Crippen LogP contribution in [0.4, 0.5) is 0 Å². The van der Waals surface area contributed by atoms with Gasteiger partial charge in [0.2, 0.25) is 0 Å². The zero-order valence-electron chi connectivity index (χ0n) is 9.76. The van der Waals surface area contributed by atoms with E-state index in [0.29, 0.717) is 25.0 Å². The summed E-state index contributed by atoms with van der Waals surface area (Å²) >= 11 is 0. The molecule has 1 aliphatic rings. The zero-order chi connectivity index (χ0) is 12.3. The summed E-state index contributed by atoms with van der Waals surface area (Å²) in [4.78, 5) is 11.4. The number of rotatable bonds is 2. The molecule has 1 aromatic rings. The van der Waals surface area contributed by atoms with Gasteiger partial charge in [0, 0.05) is 13.0 Å². The van der Waals surface area contributed by atoms with Gasteiger partial charge in [0.15, 0.2) is 0 Å². The highest BCUT2D eigenvalue weighted by atomic mass is 16.5. The van der Waals surface area contributed by atoms with Crippen LogP contribution in [0.25, 0.3) is 0 Å². The Labute approximate surface area is 100 Å². The minimum atomic E-state index is -0.358. The van der Waals surface area contributed by atoms with Crippen LogP contribution in [0.15, 0.2) is 24.3 Å². The van der Waals surface area contributed by atoms with Crippen molar-refractivity contribution in [3.8, 4) is 0 Å². The maximum Gasteiger partial charge on any atom is 0.337 e. The summed E-state index contributed by atoms with van der Waals surface area (Å²) in [6.07, 6.45) is 0.788. The van der Waals surface area contributed by atoms with Gasteiger partial charge in [-0.3, -0.25) is 0 Å². The first kappa shape index (κ1) is 12.1. The molecule has 17 heavy (non-hydrogen) atoms. The lowest BCUT2D eigenvalue weighted by Gasteiger charge is -2.26. The van der Waals surface area contributed by atoms with E-state index in [4.69, 9.17) is 4.74 Å². The molecule has 2 atom stereocenters. The smallest absolute Gasteiger partial charge is 0.337 e. The predicted octanol–water partition coefficient (Wildman–Crippen LogP) is 1.69. The SMILES string of the molecule is COC(=O)c1cccc(C2CC(O)CCO2)c1. The Morgan fingerprint density at radius 1 is 1.53 bits per heavy atom. The normalized spacial score (nSPS) is 24.4. The van der Waals surface area contributed by atoms with Crippen LogP contribution in [-0.4, -0.2) is 30.9 Å². The maximum atomic E-state index is 11.4. The Hall–Kier alpha value is -1.39. The van der Waals surface area contributed by atoms with E-state index < -0.39 is 0 Å². The van der Waals surface area contributed by atoms with Gasteiger partial charge in [-0.2, -0.15) is 0 Å². The summed E-state index contributed by atoms with van der Waals surface area (Å²) in [5.41, 5.74) is 1.42. The molecule has 2 unspecified atom stereocenters. The average Bonchev–Trinajstić information content (AvgIpc) is 2.38. The summed E-state index contributed by atoms with van der Waals surface area (Å²) in [5.74, 6) is -0.358. The van der Waals surface area contributed by atoms with Crippen molar-refractivity contribution in [2.24, 2.45) is 0 Å². The number of hydrogen-bond donors (Lipinski definition) is 1. The molecule has 1 fully saturated rings. The van der Waals surface area contributed by atoms with E-state index in [2.05, 4.69) is 4.74 Å². The van der Waals surface area contributed by atoms with Crippen LogP contribution >= 0.6 is 0 Å². The van der Waals surface area contributed by atoms with Gasteiger partial charge in [0.25, 0.3) is 0 Å². The molecule has 0 amide bonds. The number of methoxy groups -OCH3 is 1. The van der Waals surface area contributed by atoms with E-state index in [1.807, 2.05) is 6.07 Å². The van der Waals surface area contributed by atoms with Crippen molar-refractivity contribution >= 4 is 5.97 Å². The lowest BCUT2D eigenvalue weighted by Crippen LogP contribution is -2.23. The summed E-state index contributed by atoms with van der Waals surface area (Å²) in [5, 5.41) is 9.59. The zero-order valence-corrected chi connectivity index (χ0v) is 9.76. The van der Waals surface area contributed by atoms with E-state index in [1.165, 1.54) is 7.11 Å². The first-order valence-electron chi connectivity index (χ1n) is 5.68. The van der Waals surface area contributed by atoms with Gasteiger partial charge in [0.1, 0.15) is 0 Å². The molecule has 0 spiro atoms. The van der Waals surface area contributed by atoms with Crippen LogP contribution < -0.4 is 0 Å². The van der Waals surface area contributed by atoms with Crippen molar-refractivity contribution in [1.29, 1.82) is 0 Å². The third-order valence-electron chi connectivity index (χ3n) is 2.94. The Kier molecular flexibility index (Phi) is 3.76. The number of carbonyl (C=O) groups is 1. The number of aliphatic hydroxyl groups excluding tert-OH is 1. The van der Waals surface area contributed by atoms with Crippen LogP contribution in [-0.2, 0) is 9.47 Å². The molecule has 1 aromatic carbocycles. The van der Waals surface area contributed by atoms with Crippen molar-refractivity contribution in [2.45, 2.75) is 25.0 Å². The van der Waals surface area contributed by atoms with Crippen molar-refractivity contribution in [3.63, 3.8) is 0 Å².